The number of hydrogen-bond donors (Lipinski definition) is 2. The molecule has 0 bridgehead atoms. The van der Waals surface area contributed by atoms with Crippen LogP contribution in [-0.2, 0) is 0 Å². The molecule has 3 rings (SSSR count). The van der Waals surface area contributed by atoms with Gasteiger partial charge in [0.2, 0.25) is 5.95 Å². The highest BCUT2D eigenvalue weighted by atomic mass is 35.5. The van der Waals surface area contributed by atoms with Crippen LogP contribution in [0.5, 0.6) is 5.75 Å². The fraction of sp³-hybridized carbons (Fsp3) is 0.0667. The van der Waals surface area contributed by atoms with Gasteiger partial charge in [-0.25, -0.2) is 15.4 Å². The summed E-state index contributed by atoms with van der Waals surface area (Å²) in [4.78, 5) is 17.2. The second-order valence-electron chi connectivity index (χ2n) is 4.55. The van der Waals surface area contributed by atoms with Gasteiger partial charge in [-0.2, -0.15) is 0 Å². The van der Waals surface area contributed by atoms with Crippen molar-refractivity contribution in [3.63, 3.8) is 0 Å². The number of hydrazine groups is 1. The molecule has 112 valence electrons. The van der Waals surface area contributed by atoms with Gasteiger partial charge in [0, 0.05) is 5.02 Å². The lowest BCUT2D eigenvalue weighted by Gasteiger charge is -2.15. The number of ether oxygens (including phenoxy) is 1. The van der Waals surface area contributed by atoms with Crippen molar-refractivity contribution in [1.82, 2.24) is 9.55 Å². The molecule has 0 aliphatic rings. The van der Waals surface area contributed by atoms with E-state index in [1.54, 1.807) is 42.5 Å². The SMILES string of the molecule is COc1ccc(Cl)cc1-n1c(NN)nc2ccccc2c1=O. The highest BCUT2D eigenvalue weighted by molar-refractivity contribution is 6.30. The van der Waals surface area contributed by atoms with Crippen molar-refractivity contribution in [3.05, 3.63) is 57.8 Å². The van der Waals surface area contributed by atoms with Crippen molar-refractivity contribution >= 4 is 28.5 Å². The summed E-state index contributed by atoms with van der Waals surface area (Å²) in [6, 6.07) is 12.0. The van der Waals surface area contributed by atoms with Crippen LogP contribution in [0.1, 0.15) is 0 Å². The molecule has 0 aliphatic carbocycles. The fourth-order valence-corrected chi connectivity index (χ4v) is 2.46. The molecule has 3 aromatic rings. The van der Waals surface area contributed by atoms with Gasteiger partial charge in [-0.05, 0) is 30.3 Å². The van der Waals surface area contributed by atoms with Gasteiger partial charge in [0.25, 0.3) is 5.56 Å². The van der Waals surface area contributed by atoms with Crippen LogP contribution in [0.3, 0.4) is 0 Å². The van der Waals surface area contributed by atoms with Crippen molar-refractivity contribution in [3.8, 4) is 11.4 Å². The van der Waals surface area contributed by atoms with E-state index >= 15 is 0 Å². The molecule has 0 spiro atoms. The molecule has 0 radical (unpaired) electrons. The molecule has 0 amide bonds. The number of nitrogens with zero attached hydrogens (tertiary/aromatic N) is 2. The van der Waals surface area contributed by atoms with Gasteiger partial charge in [-0.15, -0.1) is 0 Å². The van der Waals surface area contributed by atoms with E-state index in [0.717, 1.165) is 0 Å². The third-order valence-corrected chi connectivity index (χ3v) is 3.52. The summed E-state index contributed by atoms with van der Waals surface area (Å²) < 4.78 is 6.65. The number of rotatable bonds is 3. The average Bonchev–Trinajstić information content (AvgIpc) is 2.54. The minimum absolute atomic E-state index is 0.198. The van der Waals surface area contributed by atoms with Gasteiger partial charge in [0.1, 0.15) is 5.75 Å². The van der Waals surface area contributed by atoms with Crippen molar-refractivity contribution in [1.29, 1.82) is 0 Å². The molecule has 0 aliphatic heterocycles. The molecule has 0 saturated carbocycles. The van der Waals surface area contributed by atoms with Crippen molar-refractivity contribution in [2.45, 2.75) is 0 Å². The number of hydrogen-bond acceptors (Lipinski definition) is 5. The predicted octanol–water partition coefficient (Wildman–Crippen LogP) is 2.33. The maximum Gasteiger partial charge on any atom is 0.267 e. The van der Waals surface area contributed by atoms with Crippen molar-refractivity contribution in [2.75, 3.05) is 12.5 Å². The van der Waals surface area contributed by atoms with Gasteiger partial charge in [0.05, 0.1) is 23.7 Å². The summed E-state index contributed by atoms with van der Waals surface area (Å²) in [5.41, 5.74) is 3.20. The van der Waals surface area contributed by atoms with E-state index in [-0.39, 0.29) is 11.5 Å². The Morgan fingerprint density at radius 1 is 1.27 bits per heavy atom. The van der Waals surface area contributed by atoms with Crippen LogP contribution in [0.2, 0.25) is 5.02 Å². The number of para-hydroxylation sites is 1. The smallest absolute Gasteiger partial charge is 0.267 e. The molecular weight excluding hydrogens is 304 g/mol. The summed E-state index contributed by atoms with van der Waals surface area (Å²) in [5.74, 6) is 6.22. The minimum atomic E-state index is -0.265. The monoisotopic (exact) mass is 316 g/mol. The van der Waals surface area contributed by atoms with Gasteiger partial charge in [0.15, 0.2) is 0 Å². The van der Waals surface area contributed by atoms with E-state index in [1.807, 2.05) is 0 Å². The van der Waals surface area contributed by atoms with Gasteiger partial charge in [-0.1, -0.05) is 23.7 Å². The van der Waals surface area contributed by atoms with E-state index < -0.39 is 0 Å². The minimum Gasteiger partial charge on any atom is -0.495 e. The second kappa shape index (κ2) is 5.67. The Kier molecular flexibility index (Phi) is 3.70. The molecule has 0 fully saturated rings. The summed E-state index contributed by atoms with van der Waals surface area (Å²) in [6.07, 6.45) is 0. The summed E-state index contributed by atoms with van der Waals surface area (Å²) in [6.45, 7) is 0. The maximum atomic E-state index is 12.8. The summed E-state index contributed by atoms with van der Waals surface area (Å²) >= 11 is 6.05. The Morgan fingerprint density at radius 3 is 2.77 bits per heavy atom. The van der Waals surface area contributed by atoms with Crippen LogP contribution in [0.4, 0.5) is 5.95 Å². The first-order chi connectivity index (χ1) is 10.7. The van der Waals surface area contributed by atoms with Crippen LogP contribution >= 0.6 is 11.6 Å². The quantitative estimate of drug-likeness (QED) is 0.572. The Hall–Kier alpha value is -2.57. The highest BCUT2D eigenvalue weighted by Crippen LogP contribution is 2.27. The zero-order valence-corrected chi connectivity index (χ0v) is 12.5. The fourth-order valence-electron chi connectivity index (χ4n) is 2.29. The van der Waals surface area contributed by atoms with Gasteiger partial charge >= 0.3 is 0 Å². The number of fused-ring (bicyclic) bond motifs is 1. The zero-order valence-electron chi connectivity index (χ0n) is 11.7. The molecule has 1 heterocycles. The summed E-state index contributed by atoms with van der Waals surface area (Å²) in [7, 11) is 1.52. The summed E-state index contributed by atoms with van der Waals surface area (Å²) in [5, 5.41) is 0.947. The predicted molar refractivity (Wildman–Crippen MR) is 86.7 cm³/mol. The van der Waals surface area contributed by atoms with E-state index in [4.69, 9.17) is 22.2 Å². The largest absolute Gasteiger partial charge is 0.495 e. The third-order valence-electron chi connectivity index (χ3n) is 3.29. The van der Waals surface area contributed by atoms with Crippen molar-refractivity contribution in [2.24, 2.45) is 5.84 Å². The number of nitrogens with two attached hydrogens (primary N) is 1. The molecule has 2 aromatic carbocycles. The first-order valence-electron chi connectivity index (χ1n) is 6.48. The molecule has 6 nitrogen and oxygen atoms in total. The molecule has 0 atom stereocenters. The number of anilines is 1. The molecule has 3 N–H and O–H groups in total. The average molecular weight is 317 g/mol. The maximum absolute atomic E-state index is 12.8. The van der Waals surface area contributed by atoms with Gasteiger partial charge in [-0.3, -0.25) is 10.2 Å². The van der Waals surface area contributed by atoms with Crippen LogP contribution in [-0.4, -0.2) is 16.7 Å². The topological polar surface area (TPSA) is 82.2 Å². The zero-order chi connectivity index (χ0) is 15.7. The van der Waals surface area contributed by atoms with E-state index in [1.165, 1.54) is 11.7 Å². The Labute approximate surface area is 131 Å². The van der Waals surface area contributed by atoms with Crippen LogP contribution in [0.25, 0.3) is 16.6 Å². The number of nitrogens with one attached hydrogen (secondary N) is 1. The number of benzene rings is 2. The highest BCUT2D eigenvalue weighted by Gasteiger charge is 2.15. The molecule has 22 heavy (non-hydrogen) atoms. The lowest BCUT2D eigenvalue weighted by atomic mass is 10.2. The number of halogens is 1. The number of aromatic nitrogens is 2. The Bertz CT molecular complexity index is 908. The molecule has 0 saturated heterocycles. The lowest BCUT2D eigenvalue weighted by Crippen LogP contribution is -2.26. The molecule has 7 heteroatoms. The molecular formula is C15H13ClN4O2. The first-order valence-corrected chi connectivity index (χ1v) is 6.86. The number of methoxy groups -OCH3 is 1. The van der Waals surface area contributed by atoms with E-state index in [0.29, 0.717) is 27.4 Å². The Balaban J connectivity index is 2.42. The standard InChI is InChI=1S/C15H13ClN4O2/c1-22-13-7-6-9(16)8-12(13)20-14(21)10-4-2-3-5-11(10)18-15(20)19-17/h2-8H,17H2,1H3,(H,18,19). The van der Waals surface area contributed by atoms with E-state index in [2.05, 4.69) is 10.4 Å². The van der Waals surface area contributed by atoms with Gasteiger partial charge < -0.3 is 4.74 Å². The number of nitrogen functional groups attached to an aromatic ring is 1. The van der Waals surface area contributed by atoms with Crippen LogP contribution in [0.15, 0.2) is 47.3 Å². The second-order valence-corrected chi connectivity index (χ2v) is 4.99. The van der Waals surface area contributed by atoms with Crippen LogP contribution in [0, 0.1) is 0 Å². The van der Waals surface area contributed by atoms with E-state index in [9.17, 15) is 4.79 Å². The van der Waals surface area contributed by atoms with Crippen molar-refractivity contribution < 1.29 is 4.74 Å². The molecule has 1 aromatic heterocycles. The third kappa shape index (κ3) is 2.28. The lowest BCUT2D eigenvalue weighted by molar-refractivity contribution is 0.412. The normalized spacial score (nSPS) is 10.7. The molecule has 0 unspecified atom stereocenters. The Morgan fingerprint density at radius 2 is 2.05 bits per heavy atom. The van der Waals surface area contributed by atoms with Crippen LogP contribution < -0.4 is 21.6 Å². The first kappa shape index (κ1) is 14.4.